The van der Waals surface area contributed by atoms with Crippen molar-refractivity contribution in [2.45, 2.75) is 39.7 Å². The highest BCUT2D eigenvalue weighted by Crippen LogP contribution is 2.63. The molecule has 2 N–H and O–H groups in total. The van der Waals surface area contributed by atoms with E-state index in [9.17, 15) is 14.4 Å². The number of carbonyl (C=O) groups is 3. The molecular formula is C14H22N2O4. The van der Waals surface area contributed by atoms with Crippen molar-refractivity contribution < 1.29 is 19.5 Å². The number of amides is 2. The first-order valence-electron chi connectivity index (χ1n) is 7.13. The topological polar surface area (TPSA) is 86.7 Å². The summed E-state index contributed by atoms with van der Waals surface area (Å²) < 4.78 is 0. The lowest BCUT2D eigenvalue weighted by Gasteiger charge is -2.22. The van der Waals surface area contributed by atoms with Gasteiger partial charge in [0.05, 0.1) is 11.8 Å². The molecule has 1 heterocycles. The number of likely N-dealkylation sites (tertiary alicyclic amines) is 1. The fourth-order valence-corrected chi connectivity index (χ4v) is 3.11. The molecule has 1 saturated carbocycles. The van der Waals surface area contributed by atoms with E-state index in [2.05, 4.69) is 5.32 Å². The Balaban J connectivity index is 1.90. The van der Waals surface area contributed by atoms with Crippen molar-refractivity contribution in [1.29, 1.82) is 0 Å². The molecule has 0 spiro atoms. The van der Waals surface area contributed by atoms with Crippen molar-refractivity contribution in [2.24, 2.45) is 17.3 Å². The molecule has 0 radical (unpaired) electrons. The van der Waals surface area contributed by atoms with Crippen LogP contribution in [0.4, 0.5) is 0 Å². The molecule has 112 valence electrons. The van der Waals surface area contributed by atoms with Gasteiger partial charge in [0.25, 0.3) is 0 Å². The van der Waals surface area contributed by atoms with E-state index in [0.29, 0.717) is 6.54 Å². The van der Waals surface area contributed by atoms with Crippen molar-refractivity contribution in [1.82, 2.24) is 10.2 Å². The largest absolute Gasteiger partial charge is 0.480 e. The lowest BCUT2D eigenvalue weighted by atomic mass is 10.1. The van der Waals surface area contributed by atoms with Crippen LogP contribution in [0.3, 0.4) is 0 Å². The molecule has 0 bridgehead atoms. The maximum atomic E-state index is 12.1. The second-order valence-corrected chi connectivity index (χ2v) is 6.24. The third kappa shape index (κ3) is 2.32. The van der Waals surface area contributed by atoms with Gasteiger partial charge in [0.2, 0.25) is 11.8 Å². The number of carboxylic acid groups (broad SMARTS) is 1. The predicted octanol–water partition coefficient (Wildman–Crippen LogP) is 0.470. The van der Waals surface area contributed by atoms with E-state index in [1.165, 1.54) is 4.90 Å². The van der Waals surface area contributed by atoms with Crippen molar-refractivity contribution in [3.05, 3.63) is 0 Å². The van der Waals surface area contributed by atoms with E-state index in [1.807, 2.05) is 20.8 Å². The molecule has 0 aromatic rings. The van der Waals surface area contributed by atoms with Crippen LogP contribution in [0.15, 0.2) is 0 Å². The van der Waals surface area contributed by atoms with E-state index in [4.69, 9.17) is 5.11 Å². The number of aliphatic carboxylic acids is 1. The van der Waals surface area contributed by atoms with Crippen LogP contribution in [-0.4, -0.2) is 46.9 Å². The second kappa shape index (κ2) is 5.16. The fraction of sp³-hybridized carbons (Fsp3) is 0.786. The molecule has 1 saturated heterocycles. The summed E-state index contributed by atoms with van der Waals surface area (Å²) in [4.78, 5) is 36.6. The molecule has 1 aliphatic heterocycles. The molecular weight excluding hydrogens is 260 g/mol. The first kappa shape index (κ1) is 15.0. The van der Waals surface area contributed by atoms with Gasteiger partial charge in [-0.25, -0.2) is 0 Å². The number of rotatable bonds is 7. The molecule has 2 amide bonds. The Labute approximate surface area is 118 Å². The number of nitrogens with zero attached hydrogens (tertiary/aromatic N) is 1. The van der Waals surface area contributed by atoms with Crippen molar-refractivity contribution >= 4 is 17.8 Å². The molecule has 0 aromatic heterocycles. The zero-order valence-electron chi connectivity index (χ0n) is 12.2. The Morgan fingerprint density at radius 2 is 1.90 bits per heavy atom. The zero-order valence-corrected chi connectivity index (χ0v) is 12.2. The number of nitrogens with one attached hydrogen (secondary N) is 1. The van der Waals surface area contributed by atoms with E-state index < -0.39 is 12.0 Å². The molecule has 2 fully saturated rings. The molecule has 1 aliphatic carbocycles. The van der Waals surface area contributed by atoms with Gasteiger partial charge in [0.15, 0.2) is 0 Å². The lowest BCUT2D eigenvalue weighted by molar-refractivity contribution is -0.145. The maximum absolute atomic E-state index is 12.1. The SMILES string of the molecule is CCCNC(CCN1C(=O)C2C(C1=O)C2(C)C)C(=O)O. The van der Waals surface area contributed by atoms with Crippen molar-refractivity contribution in [3.8, 4) is 0 Å². The first-order chi connectivity index (χ1) is 9.32. The summed E-state index contributed by atoms with van der Waals surface area (Å²) in [5.74, 6) is -1.60. The molecule has 2 aliphatic rings. The Morgan fingerprint density at radius 1 is 1.35 bits per heavy atom. The van der Waals surface area contributed by atoms with E-state index in [0.717, 1.165) is 6.42 Å². The summed E-state index contributed by atoms with van der Waals surface area (Å²) >= 11 is 0. The van der Waals surface area contributed by atoms with Crippen LogP contribution in [0.5, 0.6) is 0 Å². The minimum Gasteiger partial charge on any atom is -0.480 e. The summed E-state index contributed by atoms with van der Waals surface area (Å²) in [6, 6.07) is -0.708. The first-order valence-corrected chi connectivity index (χ1v) is 7.13. The zero-order chi connectivity index (χ0) is 15.1. The van der Waals surface area contributed by atoms with Crippen LogP contribution in [0.1, 0.15) is 33.6 Å². The van der Waals surface area contributed by atoms with Gasteiger partial charge in [0, 0.05) is 6.54 Å². The number of piperidine rings is 1. The van der Waals surface area contributed by atoms with Crippen molar-refractivity contribution in [3.63, 3.8) is 0 Å². The van der Waals surface area contributed by atoms with E-state index in [-0.39, 0.29) is 42.0 Å². The van der Waals surface area contributed by atoms with Crippen LogP contribution >= 0.6 is 0 Å². The van der Waals surface area contributed by atoms with Crippen LogP contribution in [0.2, 0.25) is 0 Å². The van der Waals surface area contributed by atoms with Gasteiger partial charge < -0.3 is 10.4 Å². The van der Waals surface area contributed by atoms with Gasteiger partial charge in [-0.15, -0.1) is 0 Å². The number of hydrogen-bond acceptors (Lipinski definition) is 4. The minimum atomic E-state index is -0.942. The molecule has 6 nitrogen and oxygen atoms in total. The Kier molecular flexibility index (Phi) is 3.86. The maximum Gasteiger partial charge on any atom is 0.320 e. The lowest BCUT2D eigenvalue weighted by Crippen LogP contribution is -2.43. The van der Waals surface area contributed by atoms with E-state index >= 15 is 0 Å². The van der Waals surface area contributed by atoms with Gasteiger partial charge in [-0.3, -0.25) is 19.3 Å². The molecule has 2 rings (SSSR count). The Morgan fingerprint density at radius 3 is 2.35 bits per heavy atom. The third-order valence-corrected chi connectivity index (χ3v) is 4.47. The summed E-state index contributed by atoms with van der Waals surface area (Å²) in [6.45, 7) is 6.61. The number of imide groups is 1. The highest BCUT2D eigenvalue weighted by atomic mass is 16.4. The number of fused-ring (bicyclic) bond motifs is 1. The minimum absolute atomic E-state index is 0.135. The van der Waals surface area contributed by atoms with Gasteiger partial charge in [-0.05, 0) is 24.8 Å². The van der Waals surface area contributed by atoms with Crippen LogP contribution in [0.25, 0.3) is 0 Å². The summed E-state index contributed by atoms with van der Waals surface area (Å²) in [5.41, 5.74) is -0.211. The molecule has 3 atom stereocenters. The summed E-state index contributed by atoms with van der Waals surface area (Å²) in [7, 11) is 0. The molecule has 20 heavy (non-hydrogen) atoms. The normalized spacial score (nSPS) is 28.4. The monoisotopic (exact) mass is 282 g/mol. The Bertz CT molecular complexity index is 422. The number of carbonyl (C=O) groups excluding carboxylic acids is 2. The van der Waals surface area contributed by atoms with Crippen LogP contribution < -0.4 is 5.32 Å². The van der Waals surface area contributed by atoms with Crippen LogP contribution in [0, 0.1) is 17.3 Å². The average Bonchev–Trinajstić information content (AvgIpc) is 2.83. The molecule has 3 unspecified atom stereocenters. The van der Waals surface area contributed by atoms with Gasteiger partial charge >= 0.3 is 5.97 Å². The molecule has 6 heteroatoms. The summed E-state index contributed by atoms with van der Waals surface area (Å²) in [5, 5.41) is 12.0. The van der Waals surface area contributed by atoms with Crippen molar-refractivity contribution in [2.75, 3.05) is 13.1 Å². The van der Waals surface area contributed by atoms with Gasteiger partial charge in [-0.1, -0.05) is 20.8 Å². The Hall–Kier alpha value is -1.43. The third-order valence-electron chi connectivity index (χ3n) is 4.47. The average molecular weight is 282 g/mol. The second-order valence-electron chi connectivity index (χ2n) is 6.24. The highest BCUT2D eigenvalue weighted by Gasteiger charge is 2.72. The quantitative estimate of drug-likeness (QED) is 0.663. The van der Waals surface area contributed by atoms with Crippen LogP contribution in [-0.2, 0) is 14.4 Å². The smallest absolute Gasteiger partial charge is 0.320 e. The van der Waals surface area contributed by atoms with E-state index in [1.54, 1.807) is 0 Å². The standard InChI is InChI=1S/C14H22N2O4/c1-4-6-15-8(13(19)20)5-7-16-11(17)9-10(12(16)18)14(9,2)3/h8-10,15H,4-7H2,1-3H3,(H,19,20). The van der Waals surface area contributed by atoms with Gasteiger partial charge in [0.1, 0.15) is 6.04 Å². The highest BCUT2D eigenvalue weighted by molar-refractivity contribution is 6.10. The molecule has 0 aromatic carbocycles. The fourth-order valence-electron chi connectivity index (χ4n) is 3.11. The number of hydrogen-bond donors (Lipinski definition) is 2. The summed E-state index contributed by atoms with van der Waals surface area (Å²) in [6.07, 6.45) is 1.09. The number of carboxylic acids is 1. The van der Waals surface area contributed by atoms with Gasteiger partial charge in [-0.2, -0.15) is 0 Å². The predicted molar refractivity (Wildman–Crippen MR) is 71.8 cm³/mol.